The van der Waals surface area contributed by atoms with Crippen LogP contribution in [0.15, 0.2) is 84.9 Å². The Morgan fingerprint density at radius 2 is 1.41 bits per heavy atom. The van der Waals surface area contributed by atoms with E-state index < -0.39 is 107 Å². The molecule has 20 heteroatoms. The number of carbonyl (C=O) groups excluding carboxylic acids is 8. The zero-order valence-corrected chi connectivity index (χ0v) is 41.9. The Bertz CT molecular complexity index is 2210. The number of hydrogen-bond acceptors (Lipinski definition) is 13. The van der Waals surface area contributed by atoms with Crippen LogP contribution in [0, 0.1) is 5.92 Å². The molecule has 0 bridgehead atoms. The normalized spacial score (nSPS) is 21.1. The van der Waals surface area contributed by atoms with Gasteiger partial charge in [-0.05, 0) is 79.9 Å². The summed E-state index contributed by atoms with van der Waals surface area (Å²) in [6.07, 6.45) is 1.95. The fraction of sp³-hybridized carbons (Fsp3) is 0.480. The molecule has 0 unspecified atom stereocenters. The van der Waals surface area contributed by atoms with Crippen LogP contribution in [0.4, 0.5) is 0 Å². The molecule has 1 saturated heterocycles. The molecule has 0 spiro atoms. The molecule has 3 aromatic rings. The molecule has 380 valence electrons. The van der Waals surface area contributed by atoms with E-state index in [-0.39, 0.29) is 38.2 Å². The molecule has 0 saturated carbocycles. The van der Waals surface area contributed by atoms with E-state index in [0.717, 1.165) is 12.0 Å². The third-order valence-corrected chi connectivity index (χ3v) is 13.3. The average molecular weight is 1010 g/mol. The van der Waals surface area contributed by atoms with Gasteiger partial charge in [-0.15, -0.1) is 0 Å². The van der Waals surface area contributed by atoms with Crippen LogP contribution in [0.3, 0.4) is 0 Å². The summed E-state index contributed by atoms with van der Waals surface area (Å²) in [5, 5.41) is 38.2. The van der Waals surface area contributed by atoms with Crippen molar-refractivity contribution in [1.82, 2.24) is 37.2 Å². The number of thioether (sulfide) groups is 2. The molecule has 9 N–H and O–H groups in total. The van der Waals surface area contributed by atoms with E-state index in [0.29, 0.717) is 35.2 Å². The van der Waals surface area contributed by atoms with Gasteiger partial charge in [0.2, 0.25) is 46.5 Å². The summed E-state index contributed by atoms with van der Waals surface area (Å²) in [5.74, 6) is -5.35. The fourth-order valence-electron chi connectivity index (χ4n) is 7.23. The molecule has 1 aliphatic heterocycles. The van der Waals surface area contributed by atoms with Gasteiger partial charge in [0.15, 0.2) is 0 Å². The lowest BCUT2D eigenvalue weighted by Gasteiger charge is -2.30. The Kier molecular flexibility index (Phi) is 23.7. The molecule has 3 aromatic carbocycles. The number of hydrogen-bond donors (Lipinski definition) is 9. The number of amides is 7. The predicted octanol–water partition coefficient (Wildman–Crippen LogP) is 1.54. The Morgan fingerprint density at radius 1 is 0.786 bits per heavy atom. The quantitative estimate of drug-likeness (QED) is 0.0687. The summed E-state index contributed by atoms with van der Waals surface area (Å²) in [4.78, 5) is 109. The monoisotopic (exact) mass is 1010 g/mol. The maximum atomic E-state index is 13.9. The Labute approximate surface area is 417 Å². The second-order valence-electron chi connectivity index (χ2n) is 17.2. The SMILES string of the molecule is CC[C@H](C)[C@@H]1NC(=O)[C@@H](Cc2ccccc2)NC(=O)[C@H](C)NC(=O)[C@H](NC(=O)[C@@H](NC(=O)[C@H](CO)NC(=O)CCCOc2ccc(Cc3ccccc3)cc2)[C@@H](C)O)CSC(=O)[C@H](CCSC)NC1=O. The highest BCUT2D eigenvalue weighted by Crippen LogP contribution is 2.18. The molecule has 4 rings (SSSR count). The standard InChI is InChI=1S/C50H67N7O11S2/c1-6-30(2)42-48(65)53-37(23-25-69-5)50(67)70-29-40(47(64)51-31(3)44(61)54-38(45(62)56-42)27-34-16-11-8-12-17-34)55-49(66)43(32(4)59)57-46(63)39(28-58)52-41(60)18-13-24-68-36-21-19-35(20-22-36)26-33-14-9-7-10-15-33/h7-12,14-17,19-22,30-32,37-40,42-43,58-59H,6,13,18,23-29H2,1-5H3,(H,51,64)(H,52,60)(H,53,65)(H,54,61)(H,55,66)(H,56,62)(H,57,63)/t30-,31-,32+,37-,38+,39-,40+,42-,43-/m0/s1. The van der Waals surface area contributed by atoms with Crippen molar-refractivity contribution in [2.24, 2.45) is 5.92 Å². The number of nitrogens with one attached hydrogen (secondary N) is 7. The van der Waals surface area contributed by atoms with Crippen molar-refractivity contribution in [2.45, 2.75) is 115 Å². The van der Waals surface area contributed by atoms with E-state index in [1.54, 1.807) is 37.3 Å². The summed E-state index contributed by atoms with van der Waals surface area (Å²) in [6.45, 7) is 5.52. The van der Waals surface area contributed by atoms with Gasteiger partial charge in [0.25, 0.3) is 0 Å². The first-order chi connectivity index (χ1) is 33.5. The number of ether oxygens (including phenoxy) is 1. The van der Waals surface area contributed by atoms with E-state index in [2.05, 4.69) is 37.2 Å². The van der Waals surface area contributed by atoms with Crippen LogP contribution in [-0.4, -0.2) is 136 Å². The van der Waals surface area contributed by atoms with Gasteiger partial charge in [0.05, 0.1) is 25.4 Å². The van der Waals surface area contributed by atoms with Crippen molar-refractivity contribution in [2.75, 3.05) is 31.0 Å². The minimum Gasteiger partial charge on any atom is -0.494 e. The van der Waals surface area contributed by atoms with E-state index in [1.807, 2.05) is 67.8 Å². The van der Waals surface area contributed by atoms with Crippen LogP contribution in [0.25, 0.3) is 0 Å². The van der Waals surface area contributed by atoms with Crippen molar-refractivity contribution in [1.29, 1.82) is 0 Å². The summed E-state index contributed by atoms with van der Waals surface area (Å²) in [7, 11) is 0. The van der Waals surface area contributed by atoms with Crippen molar-refractivity contribution >= 4 is 70.0 Å². The Morgan fingerprint density at radius 3 is 2.03 bits per heavy atom. The van der Waals surface area contributed by atoms with Gasteiger partial charge in [0.1, 0.15) is 42.0 Å². The smallest absolute Gasteiger partial charge is 0.245 e. The summed E-state index contributed by atoms with van der Waals surface area (Å²) >= 11 is 2.07. The second-order valence-corrected chi connectivity index (χ2v) is 19.2. The first-order valence-electron chi connectivity index (χ1n) is 23.4. The highest BCUT2D eigenvalue weighted by molar-refractivity contribution is 8.13. The van der Waals surface area contributed by atoms with E-state index >= 15 is 0 Å². The van der Waals surface area contributed by atoms with Crippen LogP contribution in [0.2, 0.25) is 0 Å². The van der Waals surface area contributed by atoms with Gasteiger partial charge in [-0.2, -0.15) is 11.8 Å². The van der Waals surface area contributed by atoms with Crippen LogP contribution in [-0.2, 0) is 51.2 Å². The molecular weight excluding hydrogens is 939 g/mol. The van der Waals surface area contributed by atoms with Gasteiger partial charge in [-0.3, -0.25) is 38.4 Å². The lowest BCUT2D eigenvalue weighted by Crippen LogP contribution is -2.62. The highest BCUT2D eigenvalue weighted by atomic mass is 32.2. The minimum absolute atomic E-state index is 0.0339. The van der Waals surface area contributed by atoms with Crippen molar-refractivity contribution < 1.29 is 53.3 Å². The largest absolute Gasteiger partial charge is 0.494 e. The molecule has 0 aromatic heterocycles. The van der Waals surface area contributed by atoms with Gasteiger partial charge in [-0.1, -0.05) is 105 Å². The number of benzene rings is 3. The maximum absolute atomic E-state index is 13.9. The van der Waals surface area contributed by atoms with Gasteiger partial charge < -0.3 is 52.2 Å². The first-order valence-corrected chi connectivity index (χ1v) is 25.8. The van der Waals surface area contributed by atoms with Crippen LogP contribution < -0.4 is 42.0 Å². The summed E-state index contributed by atoms with van der Waals surface area (Å²) < 4.78 is 5.78. The number of carbonyl (C=O) groups is 8. The topological polar surface area (TPSA) is 270 Å². The van der Waals surface area contributed by atoms with Crippen molar-refractivity contribution in [3.63, 3.8) is 0 Å². The van der Waals surface area contributed by atoms with Gasteiger partial charge in [0, 0.05) is 18.6 Å². The second kappa shape index (κ2) is 29.3. The third-order valence-electron chi connectivity index (χ3n) is 11.6. The molecule has 70 heavy (non-hydrogen) atoms. The summed E-state index contributed by atoms with van der Waals surface area (Å²) in [5.41, 5.74) is 2.98. The molecule has 9 atom stereocenters. The van der Waals surface area contributed by atoms with E-state index in [9.17, 15) is 48.6 Å². The van der Waals surface area contributed by atoms with Crippen molar-refractivity contribution in [3.8, 4) is 5.75 Å². The molecule has 18 nitrogen and oxygen atoms in total. The van der Waals surface area contributed by atoms with E-state index in [1.165, 1.54) is 31.2 Å². The third kappa shape index (κ3) is 18.4. The molecule has 7 amide bonds. The fourth-order valence-corrected chi connectivity index (χ4v) is 8.64. The molecule has 0 radical (unpaired) electrons. The number of rotatable bonds is 21. The first kappa shape index (κ1) is 56.6. The van der Waals surface area contributed by atoms with Crippen LogP contribution in [0.5, 0.6) is 5.75 Å². The lowest BCUT2D eigenvalue weighted by molar-refractivity contribution is -0.136. The maximum Gasteiger partial charge on any atom is 0.245 e. The van der Waals surface area contributed by atoms with Crippen LogP contribution in [0.1, 0.15) is 70.1 Å². The molecule has 1 fully saturated rings. The number of aliphatic hydroxyl groups excluding tert-OH is 2. The van der Waals surface area contributed by atoms with Gasteiger partial charge >= 0.3 is 0 Å². The van der Waals surface area contributed by atoms with Crippen molar-refractivity contribution in [3.05, 3.63) is 102 Å². The average Bonchev–Trinajstić information content (AvgIpc) is 3.35. The zero-order valence-electron chi connectivity index (χ0n) is 40.2. The molecular formula is C50H67N7O11S2. The van der Waals surface area contributed by atoms with Gasteiger partial charge in [-0.25, -0.2) is 0 Å². The summed E-state index contributed by atoms with van der Waals surface area (Å²) in [6, 6.07) is 17.0. The molecule has 0 aliphatic carbocycles. The van der Waals surface area contributed by atoms with E-state index in [4.69, 9.17) is 4.74 Å². The molecule has 1 aliphatic rings. The highest BCUT2D eigenvalue weighted by Gasteiger charge is 2.37. The minimum atomic E-state index is -1.73. The zero-order chi connectivity index (χ0) is 51.2. The predicted molar refractivity (Wildman–Crippen MR) is 268 cm³/mol. The lowest BCUT2D eigenvalue weighted by atomic mass is 9.96. The van der Waals surface area contributed by atoms with Crippen LogP contribution >= 0.6 is 23.5 Å². The Balaban J connectivity index is 1.45. The molecule has 1 heterocycles. The number of aliphatic hydroxyl groups is 2. The Hall–Kier alpha value is -5.96.